The van der Waals surface area contributed by atoms with Gasteiger partial charge in [-0.05, 0) is 26.3 Å². The van der Waals surface area contributed by atoms with Gasteiger partial charge >= 0.3 is 0 Å². The molecule has 0 saturated carbocycles. The van der Waals surface area contributed by atoms with Crippen LogP contribution in [0.1, 0.15) is 32.4 Å². The molecule has 0 aliphatic heterocycles. The molecule has 0 saturated heterocycles. The number of non-ortho nitro benzene ring substituents is 1. The minimum absolute atomic E-state index is 0.0105. The van der Waals surface area contributed by atoms with E-state index < -0.39 is 11.0 Å². The Labute approximate surface area is 133 Å². The second-order valence-corrected chi connectivity index (χ2v) is 5.53. The Morgan fingerprint density at radius 2 is 1.96 bits per heavy atom. The zero-order valence-corrected chi connectivity index (χ0v) is 13.3. The average Bonchev–Trinajstić information content (AvgIpc) is 3.05. The van der Waals surface area contributed by atoms with Gasteiger partial charge in [0.1, 0.15) is 18.7 Å². The van der Waals surface area contributed by atoms with Crippen molar-refractivity contribution in [2.24, 2.45) is 0 Å². The Balaban J connectivity index is 2.15. The highest BCUT2D eigenvalue weighted by atomic mass is 16.6. The van der Waals surface area contributed by atoms with E-state index in [-0.39, 0.29) is 17.6 Å². The standard InChI is InChI=1S/C15H19N5O3/c1-11(2)18(15(21)12(3)19-10-16-9-17-19)8-13-4-6-14(7-5-13)20(22)23/h4-7,9-12H,8H2,1-3H3/t12-/m1/s1. The molecule has 23 heavy (non-hydrogen) atoms. The van der Waals surface area contributed by atoms with Crippen LogP contribution in [-0.2, 0) is 11.3 Å². The molecule has 0 aliphatic rings. The minimum atomic E-state index is -0.460. The minimum Gasteiger partial charge on any atom is -0.334 e. The maximum absolute atomic E-state index is 12.7. The summed E-state index contributed by atoms with van der Waals surface area (Å²) in [6.07, 6.45) is 2.90. The van der Waals surface area contributed by atoms with Crippen molar-refractivity contribution in [2.45, 2.75) is 39.4 Å². The highest BCUT2D eigenvalue weighted by molar-refractivity contribution is 5.80. The summed E-state index contributed by atoms with van der Waals surface area (Å²) in [7, 11) is 0. The van der Waals surface area contributed by atoms with Crippen LogP contribution in [0.5, 0.6) is 0 Å². The first-order valence-electron chi connectivity index (χ1n) is 7.28. The van der Waals surface area contributed by atoms with E-state index in [9.17, 15) is 14.9 Å². The second kappa shape index (κ2) is 6.99. The van der Waals surface area contributed by atoms with Crippen LogP contribution in [0.2, 0.25) is 0 Å². The van der Waals surface area contributed by atoms with E-state index in [0.717, 1.165) is 5.56 Å². The molecule has 1 amide bonds. The third-order valence-electron chi connectivity index (χ3n) is 3.60. The Kier molecular flexibility index (Phi) is 5.05. The van der Waals surface area contributed by atoms with Crippen LogP contribution in [-0.4, -0.2) is 36.5 Å². The van der Waals surface area contributed by atoms with Gasteiger partial charge in [0.2, 0.25) is 5.91 Å². The lowest BCUT2D eigenvalue weighted by Crippen LogP contribution is -2.40. The molecule has 8 heteroatoms. The summed E-state index contributed by atoms with van der Waals surface area (Å²) in [4.78, 5) is 28.5. The molecule has 8 nitrogen and oxygen atoms in total. The number of aromatic nitrogens is 3. The summed E-state index contributed by atoms with van der Waals surface area (Å²) in [5.41, 5.74) is 0.871. The number of hydrogen-bond donors (Lipinski definition) is 0. The Bertz CT molecular complexity index is 667. The summed E-state index contributed by atoms with van der Waals surface area (Å²) < 4.78 is 1.51. The molecule has 0 aliphatic carbocycles. The third kappa shape index (κ3) is 3.91. The van der Waals surface area contributed by atoms with Crippen molar-refractivity contribution >= 4 is 11.6 Å². The number of carbonyl (C=O) groups is 1. The molecule has 1 aromatic heterocycles. The number of amides is 1. The van der Waals surface area contributed by atoms with Crippen molar-refractivity contribution in [1.82, 2.24) is 19.7 Å². The summed E-state index contributed by atoms with van der Waals surface area (Å²) in [6.45, 7) is 6.00. The largest absolute Gasteiger partial charge is 0.334 e. The van der Waals surface area contributed by atoms with Gasteiger partial charge in [0, 0.05) is 24.7 Å². The second-order valence-electron chi connectivity index (χ2n) is 5.53. The lowest BCUT2D eigenvalue weighted by molar-refractivity contribution is -0.384. The van der Waals surface area contributed by atoms with E-state index in [0.29, 0.717) is 6.54 Å². The number of nitro benzene ring substituents is 1. The fourth-order valence-corrected chi connectivity index (χ4v) is 2.21. The van der Waals surface area contributed by atoms with Crippen LogP contribution in [0.15, 0.2) is 36.9 Å². The summed E-state index contributed by atoms with van der Waals surface area (Å²) >= 11 is 0. The van der Waals surface area contributed by atoms with Crippen LogP contribution in [0, 0.1) is 10.1 Å². The van der Waals surface area contributed by atoms with Crippen molar-refractivity contribution in [2.75, 3.05) is 0 Å². The van der Waals surface area contributed by atoms with E-state index in [1.165, 1.54) is 29.5 Å². The lowest BCUT2D eigenvalue weighted by Gasteiger charge is -2.29. The molecule has 0 unspecified atom stereocenters. The van der Waals surface area contributed by atoms with Gasteiger partial charge in [0.05, 0.1) is 4.92 Å². The lowest BCUT2D eigenvalue weighted by atomic mass is 10.1. The van der Waals surface area contributed by atoms with Gasteiger partial charge in [-0.25, -0.2) is 9.67 Å². The topological polar surface area (TPSA) is 94.2 Å². The zero-order valence-electron chi connectivity index (χ0n) is 13.3. The smallest absolute Gasteiger partial charge is 0.269 e. The van der Waals surface area contributed by atoms with Gasteiger partial charge in [-0.3, -0.25) is 14.9 Å². The number of nitrogens with zero attached hydrogens (tertiary/aromatic N) is 5. The molecule has 0 bridgehead atoms. The van der Waals surface area contributed by atoms with Crippen LogP contribution in [0.3, 0.4) is 0 Å². The Hall–Kier alpha value is -2.77. The number of carbonyl (C=O) groups excluding carboxylic acids is 1. The van der Waals surface area contributed by atoms with Gasteiger partial charge in [-0.2, -0.15) is 5.10 Å². The molecule has 0 spiro atoms. The first-order valence-corrected chi connectivity index (χ1v) is 7.28. The summed E-state index contributed by atoms with van der Waals surface area (Å²) in [5, 5.41) is 14.7. The van der Waals surface area contributed by atoms with Gasteiger partial charge in [-0.15, -0.1) is 0 Å². The quantitative estimate of drug-likeness (QED) is 0.601. The number of rotatable bonds is 6. The molecule has 1 atom stereocenters. The molecule has 0 radical (unpaired) electrons. The average molecular weight is 317 g/mol. The van der Waals surface area contributed by atoms with Crippen LogP contribution in [0.25, 0.3) is 0 Å². The maximum Gasteiger partial charge on any atom is 0.269 e. The first-order chi connectivity index (χ1) is 10.9. The summed E-state index contributed by atoms with van der Waals surface area (Å²) in [5.74, 6) is -0.0798. The fourth-order valence-electron chi connectivity index (χ4n) is 2.21. The number of nitro groups is 1. The van der Waals surface area contributed by atoms with E-state index in [4.69, 9.17) is 0 Å². The highest BCUT2D eigenvalue weighted by Crippen LogP contribution is 2.17. The van der Waals surface area contributed by atoms with E-state index in [1.54, 1.807) is 24.0 Å². The zero-order chi connectivity index (χ0) is 17.0. The number of benzene rings is 1. The van der Waals surface area contributed by atoms with E-state index >= 15 is 0 Å². The van der Waals surface area contributed by atoms with Crippen molar-refractivity contribution < 1.29 is 9.72 Å². The van der Waals surface area contributed by atoms with E-state index in [1.807, 2.05) is 13.8 Å². The van der Waals surface area contributed by atoms with Crippen molar-refractivity contribution in [1.29, 1.82) is 0 Å². The monoisotopic (exact) mass is 317 g/mol. The SMILES string of the molecule is CC(C)N(Cc1ccc([N+](=O)[O-])cc1)C(=O)[C@@H](C)n1cncn1. The van der Waals surface area contributed by atoms with Crippen molar-refractivity contribution in [3.63, 3.8) is 0 Å². The van der Waals surface area contributed by atoms with Gasteiger partial charge in [0.25, 0.3) is 5.69 Å². The molecule has 2 rings (SSSR count). The highest BCUT2D eigenvalue weighted by Gasteiger charge is 2.24. The van der Waals surface area contributed by atoms with Gasteiger partial charge in [0.15, 0.2) is 0 Å². The number of hydrogen-bond acceptors (Lipinski definition) is 5. The van der Waals surface area contributed by atoms with Crippen molar-refractivity contribution in [3.8, 4) is 0 Å². The van der Waals surface area contributed by atoms with Crippen LogP contribution < -0.4 is 0 Å². The molecular formula is C15H19N5O3. The van der Waals surface area contributed by atoms with Crippen LogP contribution in [0.4, 0.5) is 5.69 Å². The molecule has 122 valence electrons. The van der Waals surface area contributed by atoms with Crippen molar-refractivity contribution in [3.05, 3.63) is 52.6 Å². The summed E-state index contributed by atoms with van der Waals surface area (Å²) in [6, 6.07) is 5.75. The van der Waals surface area contributed by atoms with Gasteiger partial charge < -0.3 is 4.90 Å². The molecule has 1 aromatic carbocycles. The first kappa shape index (κ1) is 16.6. The third-order valence-corrected chi connectivity index (χ3v) is 3.60. The Morgan fingerprint density at radius 1 is 1.30 bits per heavy atom. The molecular weight excluding hydrogens is 298 g/mol. The molecule has 1 heterocycles. The van der Waals surface area contributed by atoms with E-state index in [2.05, 4.69) is 10.1 Å². The predicted octanol–water partition coefficient (Wildman–Crippen LogP) is 2.18. The molecule has 0 fully saturated rings. The van der Waals surface area contributed by atoms with Crippen LogP contribution >= 0.6 is 0 Å². The predicted molar refractivity (Wildman–Crippen MR) is 83.5 cm³/mol. The fraction of sp³-hybridized carbons (Fsp3) is 0.400. The van der Waals surface area contributed by atoms with Gasteiger partial charge in [-0.1, -0.05) is 12.1 Å². The normalized spacial score (nSPS) is 12.2. The maximum atomic E-state index is 12.7. The molecule has 0 N–H and O–H groups in total. The Morgan fingerprint density at radius 3 is 2.43 bits per heavy atom. The molecule has 2 aromatic rings.